The Balaban J connectivity index is 1.96. The van der Waals surface area contributed by atoms with E-state index in [2.05, 4.69) is 10.2 Å². The van der Waals surface area contributed by atoms with Gasteiger partial charge < -0.3 is 15.3 Å². The zero-order valence-corrected chi connectivity index (χ0v) is 9.13. The lowest BCUT2D eigenvalue weighted by Crippen LogP contribution is -2.55. The standard InChI is InChI=1S/C11H22N2O/c1-12-6-4-11(14)5-8-13-7-2-3-10(11)9-13/h10,12,14H,2-9H2,1H3. The van der Waals surface area contributed by atoms with E-state index >= 15 is 0 Å². The third kappa shape index (κ3) is 1.95. The SMILES string of the molecule is CNCCC1(O)CCN2CCCC1C2. The zero-order chi connectivity index (χ0) is 10.0. The van der Waals surface area contributed by atoms with Crippen molar-refractivity contribution < 1.29 is 5.11 Å². The molecular weight excluding hydrogens is 176 g/mol. The van der Waals surface area contributed by atoms with Crippen LogP contribution in [0.2, 0.25) is 0 Å². The largest absolute Gasteiger partial charge is 0.389 e. The molecule has 0 saturated carbocycles. The second-order valence-corrected chi connectivity index (χ2v) is 4.85. The number of rotatable bonds is 3. The van der Waals surface area contributed by atoms with Gasteiger partial charge in [0, 0.05) is 19.0 Å². The molecule has 3 unspecified atom stereocenters. The smallest absolute Gasteiger partial charge is 0.0712 e. The van der Waals surface area contributed by atoms with Crippen LogP contribution in [0.25, 0.3) is 0 Å². The van der Waals surface area contributed by atoms with Crippen LogP contribution in [0, 0.1) is 5.92 Å². The lowest BCUT2D eigenvalue weighted by atomic mass is 9.74. The Labute approximate surface area is 86.5 Å². The normalized spacial score (nSPS) is 42.4. The molecule has 0 aliphatic carbocycles. The van der Waals surface area contributed by atoms with E-state index in [1.165, 1.54) is 19.4 Å². The fourth-order valence-corrected chi connectivity index (χ4v) is 2.92. The summed E-state index contributed by atoms with van der Waals surface area (Å²) in [6.07, 6.45) is 4.38. The highest BCUT2D eigenvalue weighted by Crippen LogP contribution is 2.36. The Morgan fingerprint density at radius 3 is 3.14 bits per heavy atom. The minimum Gasteiger partial charge on any atom is -0.389 e. The second kappa shape index (κ2) is 4.17. The topological polar surface area (TPSA) is 35.5 Å². The molecule has 2 bridgehead atoms. The molecule has 3 nitrogen and oxygen atoms in total. The fourth-order valence-electron chi connectivity index (χ4n) is 2.92. The van der Waals surface area contributed by atoms with Crippen molar-refractivity contribution in [1.82, 2.24) is 10.2 Å². The maximum absolute atomic E-state index is 10.5. The van der Waals surface area contributed by atoms with Gasteiger partial charge in [-0.2, -0.15) is 0 Å². The minimum atomic E-state index is -0.375. The molecular formula is C11H22N2O. The predicted molar refractivity (Wildman–Crippen MR) is 57.3 cm³/mol. The number of piperidine rings is 2. The van der Waals surface area contributed by atoms with Gasteiger partial charge in [0.1, 0.15) is 0 Å². The molecule has 0 radical (unpaired) electrons. The first-order valence-electron chi connectivity index (χ1n) is 5.84. The van der Waals surface area contributed by atoms with Crippen LogP contribution < -0.4 is 5.32 Å². The average molecular weight is 198 g/mol. The maximum Gasteiger partial charge on any atom is 0.0712 e. The highest BCUT2D eigenvalue weighted by molar-refractivity contribution is 4.95. The molecule has 0 aromatic heterocycles. The van der Waals surface area contributed by atoms with Gasteiger partial charge in [-0.15, -0.1) is 0 Å². The van der Waals surface area contributed by atoms with Gasteiger partial charge in [-0.05, 0) is 45.8 Å². The van der Waals surface area contributed by atoms with Gasteiger partial charge in [-0.25, -0.2) is 0 Å². The highest BCUT2D eigenvalue weighted by atomic mass is 16.3. The molecule has 0 aromatic rings. The van der Waals surface area contributed by atoms with Crippen molar-refractivity contribution in [2.75, 3.05) is 33.2 Å². The molecule has 2 fully saturated rings. The molecule has 3 heteroatoms. The van der Waals surface area contributed by atoms with Crippen LogP contribution in [0.4, 0.5) is 0 Å². The molecule has 2 aliphatic rings. The number of hydrogen-bond donors (Lipinski definition) is 2. The Hall–Kier alpha value is -0.120. The molecule has 3 atom stereocenters. The van der Waals surface area contributed by atoms with Gasteiger partial charge in [0.05, 0.1) is 5.60 Å². The van der Waals surface area contributed by atoms with Crippen molar-refractivity contribution in [2.45, 2.75) is 31.3 Å². The zero-order valence-electron chi connectivity index (χ0n) is 9.13. The van der Waals surface area contributed by atoms with Gasteiger partial charge in [-0.1, -0.05) is 0 Å². The van der Waals surface area contributed by atoms with E-state index in [0.29, 0.717) is 5.92 Å². The Bertz CT molecular complexity index is 194. The van der Waals surface area contributed by atoms with Crippen LogP contribution in [0.1, 0.15) is 25.7 Å². The lowest BCUT2D eigenvalue weighted by molar-refractivity contribution is -0.0940. The third-order valence-corrected chi connectivity index (χ3v) is 3.93. The van der Waals surface area contributed by atoms with Crippen LogP contribution in [0.3, 0.4) is 0 Å². The van der Waals surface area contributed by atoms with Crippen molar-refractivity contribution >= 4 is 0 Å². The summed E-state index contributed by atoms with van der Waals surface area (Å²) in [5, 5.41) is 13.7. The predicted octanol–water partition coefficient (Wildman–Crippen LogP) is 0.443. The molecule has 2 saturated heterocycles. The first-order chi connectivity index (χ1) is 6.74. The average Bonchev–Trinajstić information content (AvgIpc) is 2.23. The lowest BCUT2D eigenvalue weighted by Gasteiger charge is -2.48. The highest BCUT2D eigenvalue weighted by Gasteiger charge is 2.42. The molecule has 0 spiro atoms. The molecule has 2 rings (SSSR count). The molecule has 0 amide bonds. The van der Waals surface area contributed by atoms with E-state index in [4.69, 9.17) is 0 Å². The first kappa shape index (κ1) is 10.4. The molecule has 2 aliphatic heterocycles. The Kier molecular flexibility index (Phi) is 3.10. The van der Waals surface area contributed by atoms with E-state index in [-0.39, 0.29) is 5.60 Å². The fraction of sp³-hybridized carbons (Fsp3) is 1.00. The van der Waals surface area contributed by atoms with E-state index in [9.17, 15) is 5.11 Å². The van der Waals surface area contributed by atoms with E-state index in [1.54, 1.807) is 0 Å². The van der Waals surface area contributed by atoms with Crippen molar-refractivity contribution in [3.05, 3.63) is 0 Å². The van der Waals surface area contributed by atoms with E-state index in [1.807, 2.05) is 7.05 Å². The number of nitrogens with one attached hydrogen (secondary N) is 1. The minimum absolute atomic E-state index is 0.375. The third-order valence-electron chi connectivity index (χ3n) is 3.93. The summed E-state index contributed by atoms with van der Waals surface area (Å²) in [6, 6.07) is 0. The Morgan fingerprint density at radius 2 is 2.36 bits per heavy atom. The number of fused-ring (bicyclic) bond motifs is 2. The molecule has 14 heavy (non-hydrogen) atoms. The number of aliphatic hydroxyl groups is 1. The van der Waals surface area contributed by atoms with E-state index in [0.717, 1.165) is 32.5 Å². The monoisotopic (exact) mass is 198 g/mol. The molecule has 2 heterocycles. The van der Waals surface area contributed by atoms with E-state index < -0.39 is 0 Å². The summed E-state index contributed by atoms with van der Waals surface area (Å²) in [5.74, 6) is 0.526. The summed E-state index contributed by atoms with van der Waals surface area (Å²) < 4.78 is 0. The van der Waals surface area contributed by atoms with Crippen LogP contribution in [0.15, 0.2) is 0 Å². The molecule has 82 valence electrons. The number of nitrogens with zero attached hydrogens (tertiary/aromatic N) is 1. The second-order valence-electron chi connectivity index (χ2n) is 4.85. The molecule has 0 aromatic carbocycles. The van der Waals surface area contributed by atoms with Gasteiger partial charge in [0.15, 0.2) is 0 Å². The summed E-state index contributed by atoms with van der Waals surface area (Å²) in [7, 11) is 1.96. The summed E-state index contributed by atoms with van der Waals surface area (Å²) >= 11 is 0. The van der Waals surface area contributed by atoms with Crippen molar-refractivity contribution in [3.63, 3.8) is 0 Å². The number of hydrogen-bond acceptors (Lipinski definition) is 3. The summed E-state index contributed by atoms with van der Waals surface area (Å²) in [4.78, 5) is 2.50. The van der Waals surface area contributed by atoms with Crippen LogP contribution in [0.5, 0.6) is 0 Å². The van der Waals surface area contributed by atoms with Crippen LogP contribution >= 0.6 is 0 Å². The molecule has 2 N–H and O–H groups in total. The van der Waals surface area contributed by atoms with Gasteiger partial charge in [0.25, 0.3) is 0 Å². The van der Waals surface area contributed by atoms with Crippen molar-refractivity contribution in [2.24, 2.45) is 5.92 Å². The summed E-state index contributed by atoms with van der Waals surface area (Å²) in [6.45, 7) is 4.41. The van der Waals surface area contributed by atoms with Crippen LogP contribution in [-0.2, 0) is 0 Å². The van der Waals surface area contributed by atoms with Gasteiger partial charge in [-0.3, -0.25) is 0 Å². The first-order valence-corrected chi connectivity index (χ1v) is 5.84. The Morgan fingerprint density at radius 1 is 1.50 bits per heavy atom. The quantitative estimate of drug-likeness (QED) is 0.691. The maximum atomic E-state index is 10.5. The van der Waals surface area contributed by atoms with Crippen molar-refractivity contribution in [3.8, 4) is 0 Å². The van der Waals surface area contributed by atoms with Gasteiger partial charge in [0.2, 0.25) is 0 Å². The van der Waals surface area contributed by atoms with Crippen LogP contribution in [-0.4, -0.2) is 48.8 Å². The summed E-state index contributed by atoms with van der Waals surface area (Å²) in [5.41, 5.74) is -0.375. The van der Waals surface area contributed by atoms with Gasteiger partial charge >= 0.3 is 0 Å². The van der Waals surface area contributed by atoms with Crippen molar-refractivity contribution in [1.29, 1.82) is 0 Å².